The van der Waals surface area contributed by atoms with Gasteiger partial charge in [-0.25, -0.2) is 0 Å². The van der Waals surface area contributed by atoms with E-state index in [-0.39, 0.29) is 38.9 Å². The Balaban J connectivity index is 2.11. The molecule has 26 heavy (non-hydrogen) atoms. The van der Waals surface area contributed by atoms with Crippen LogP contribution in [0.25, 0.3) is 32.3 Å². The quantitative estimate of drug-likeness (QED) is 0.410. The van der Waals surface area contributed by atoms with E-state index in [0.717, 1.165) is 4.57 Å². The monoisotopic (exact) mass is 349 g/mol. The molecule has 0 saturated carbocycles. The van der Waals surface area contributed by atoms with Crippen LogP contribution in [-0.4, -0.2) is 18.3 Å². The Morgan fingerprint density at radius 3 is 1.73 bits per heavy atom. The lowest BCUT2D eigenvalue weighted by atomic mass is 10.0. The summed E-state index contributed by atoms with van der Waals surface area (Å²) in [6.07, 6.45) is 0.519. The maximum atomic E-state index is 12.8. The molecule has 0 atom stereocenters. The van der Waals surface area contributed by atoms with Crippen LogP contribution < -0.4 is 22.0 Å². The first-order valence-electron chi connectivity index (χ1n) is 8.26. The molecule has 4 rings (SSSR count). The largest absolute Gasteiger partial charge is 0.385 e. The van der Waals surface area contributed by atoms with Gasteiger partial charge in [0.1, 0.15) is 0 Å². The topological polar surface area (TPSA) is 82.4 Å². The number of aromatic nitrogens is 1. The lowest BCUT2D eigenvalue weighted by molar-refractivity contribution is 0.190. The molecular formula is C20H15NO5. The van der Waals surface area contributed by atoms with E-state index >= 15 is 0 Å². The number of hydrogen-bond acceptors (Lipinski definition) is 5. The summed E-state index contributed by atoms with van der Waals surface area (Å²) in [5, 5.41) is 1.33. The molecule has 130 valence electrons. The zero-order chi connectivity index (χ0) is 18.4. The molecule has 0 N–H and O–H groups in total. The summed E-state index contributed by atoms with van der Waals surface area (Å²) in [6, 6.07) is 9.34. The van der Waals surface area contributed by atoms with Crippen molar-refractivity contribution >= 4 is 32.3 Å². The van der Waals surface area contributed by atoms with Crippen molar-refractivity contribution in [2.45, 2.75) is 13.0 Å². The van der Waals surface area contributed by atoms with Crippen LogP contribution in [-0.2, 0) is 11.3 Å². The van der Waals surface area contributed by atoms with Gasteiger partial charge in [-0.15, -0.1) is 0 Å². The average Bonchev–Trinajstić information content (AvgIpc) is 2.89. The van der Waals surface area contributed by atoms with Crippen LogP contribution in [0.15, 0.2) is 55.6 Å². The van der Waals surface area contributed by atoms with Crippen molar-refractivity contribution in [2.24, 2.45) is 0 Å². The molecule has 4 aromatic rings. The second-order valence-corrected chi connectivity index (χ2v) is 6.26. The zero-order valence-electron chi connectivity index (χ0n) is 14.1. The van der Waals surface area contributed by atoms with E-state index in [1.165, 1.54) is 12.1 Å². The molecule has 0 saturated heterocycles. The minimum Gasteiger partial charge on any atom is -0.385 e. The number of ether oxygens (including phenoxy) is 1. The summed E-state index contributed by atoms with van der Waals surface area (Å²) < 4.78 is 6.09. The van der Waals surface area contributed by atoms with Crippen molar-refractivity contribution in [3.05, 3.63) is 77.6 Å². The molecule has 3 aromatic carbocycles. The van der Waals surface area contributed by atoms with E-state index in [1.807, 2.05) is 0 Å². The van der Waals surface area contributed by atoms with Gasteiger partial charge in [0.25, 0.3) is 11.1 Å². The number of methoxy groups -OCH3 is 1. The summed E-state index contributed by atoms with van der Waals surface area (Å²) in [4.78, 5) is 50.7. The van der Waals surface area contributed by atoms with Crippen molar-refractivity contribution in [3.8, 4) is 0 Å². The minimum atomic E-state index is -0.442. The van der Waals surface area contributed by atoms with Crippen LogP contribution in [0, 0.1) is 0 Å². The Morgan fingerprint density at radius 2 is 1.27 bits per heavy atom. The summed E-state index contributed by atoms with van der Waals surface area (Å²) in [7, 11) is 1.55. The number of fused-ring (bicyclic) bond motifs is 3. The van der Waals surface area contributed by atoms with E-state index in [1.54, 1.807) is 31.4 Å². The van der Waals surface area contributed by atoms with E-state index in [4.69, 9.17) is 4.74 Å². The lowest BCUT2D eigenvalue weighted by Crippen LogP contribution is -2.25. The molecule has 0 aliphatic carbocycles. The van der Waals surface area contributed by atoms with Crippen molar-refractivity contribution in [1.82, 2.24) is 4.57 Å². The van der Waals surface area contributed by atoms with E-state index < -0.39 is 11.1 Å². The molecule has 0 amide bonds. The van der Waals surface area contributed by atoms with Crippen LogP contribution in [0.4, 0.5) is 0 Å². The van der Waals surface area contributed by atoms with Crippen LogP contribution in [0.2, 0.25) is 0 Å². The van der Waals surface area contributed by atoms with Crippen LogP contribution in [0.3, 0.4) is 0 Å². The molecule has 1 heterocycles. The molecule has 0 bridgehead atoms. The van der Waals surface area contributed by atoms with Gasteiger partial charge in [-0.1, -0.05) is 24.3 Å². The van der Waals surface area contributed by atoms with Crippen LogP contribution in [0.5, 0.6) is 0 Å². The highest BCUT2D eigenvalue weighted by atomic mass is 16.5. The second-order valence-electron chi connectivity index (χ2n) is 6.26. The van der Waals surface area contributed by atoms with Crippen LogP contribution >= 0.6 is 0 Å². The molecule has 6 nitrogen and oxygen atoms in total. The third-order valence-electron chi connectivity index (χ3n) is 4.74. The highest BCUT2D eigenvalue weighted by molar-refractivity contribution is 6.04. The molecule has 0 radical (unpaired) electrons. The predicted molar refractivity (Wildman–Crippen MR) is 101 cm³/mol. The molecule has 0 fully saturated rings. The standard InChI is InChI=1S/C20H15NO5/c1-26-8-4-7-21-19(24)15-9-13-14(10-16(15)20(21)25)18(23)12-6-3-2-5-11(12)17(13)22/h2-3,5-6,9-10H,4,7-8H2,1H3. The van der Waals surface area contributed by atoms with Gasteiger partial charge in [0.05, 0.1) is 10.8 Å². The average molecular weight is 349 g/mol. The molecule has 1 aromatic heterocycles. The van der Waals surface area contributed by atoms with Gasteiger partial charge < -0.3 is 4.74 Å². The second kappa shape index (κ2) is 6.00. The fourth-order valence-corrected chi connectivity index (χ4v) is 3.45. The van der Waals surface area contributed by atoms with Crippen molar-refractivity contribution in [2.75, 3.05) is 13.7 Å². The zero-order valence-corrected chi connectivity index (χ0v) is 14.1. The third-order valence-corrected chi connectivity index (χ3v) is 4.74. The number of hydrogen-bond donors (Lipinski definition) is 0. The molecule has 0 spiro atoms. The van der Waals surface area contributed by atoms with E-state index in [2.05, 4.69) is 0 Å². The Labute approximate surface area is 146 Å². The minimum absolute atomic E-state index is 0.173. The SMILES string of the molecule is COCCCn1c(=O)c2cc3c(=O)c4ccccc4c(=O)c3cc2c1=O. The summed E-state index contributed by atoms with van der Waals surface area (Å²) >= 11 is 0. The Kier molecular flexibility index (Phi) is 3.77. The molecule has 0 aliphatic heterocycles. The Morgan fingerprint density at radius 1 is 0.769 bits per heavy atom. The first-order chi connectivity index (χ1) is 12.5. The van der Waals surface area contributed by atoms with Crippen LogP contribution in [0.1, 0.15) is 6.42 Å². The first kappa shape index (κ1) is 16.4. The van der Waals surface area contributed by atoms with Crippen molar-refractivity contribution < 1.29 is 4.74 Å². The fourth-order valence-electron chi connectivity index (χ4n) is 3.45. The number of benzene rings is 3. The fraction of sp³-hybridized carbons (Fsp3) is 0.200. The number of rotatable bonds is 4. The Bertz CT molecular complexity index is 1270. The highest BCUT2D eigenvalue weighted by Gasteiger charge is 2.17. The normalized spacial score (nSPS) is 11.7. The maximum absolute atomic E-state index is 12.8. The van der Waals surface area contributed by atoms with Gasteiger partial charge in [-0.2, -0.15) is 0 Å². The van der Waals surface area contributed by atoms with Gasteiger partial charge >= 0.3 is 0 Å². The first-order valence-corrected chi connectivity index (χ1v) is 8.26. The Hall–Kier alpha value is -3.12. The van der Waals surface area contributed by atoms with Gasteiger partial charge in [0, 0.05) is 41.8 Å². The highest BCUT2D eigenvalue weighted by Crippen LogP contribution is 2.17. The summed E-state index contributed by atoms with van der Waals surface area (Å²) in [6.45, 7) is 0.656. The molecule has 0 unspecified atom stereocenters. The third kappa shape index (κ3) is 2.23. The van der Waals surface area contributed by atoms with Gasteiger partial charge in [-0.05, 0) is 18.6 Å². The van der Waals surface area contributed by atoms with E-state index in [9.17, 15) is 19.2 Å². The maximum Gasteiger partial charge on any atom is 0.261 e. The molecule has 0 aliphatic rings. The predicted octanol–water partition coefficient (Wildman–Crippen LogP) is 1.30. The van der Waals surface area contributed by atoms with E-state index in [0.29, 0.717) is 23.8 Å². The molecule has 6 heteroatoms. The van der Waals surface area contributed by atoms with Gasteiger partial charge in [-0.3, -0.25) is 23.7 Å². The van der Waals surface area contributed by atoms with Gasteiger partial charge in [0.2, 0.25) is 0 Å². The summed E-state index contributed by atoms with van der Waals surface area (Å²) in [5.41, 5.74) is -1.50. The smallest absolute Gasteiger partial charge is 0.261 e. The van der Waals surface area contributed by atoms with Crippen molar-refractivity contribution in [1.29, 1.82) is 0 Å². The lowest BCUT2D eigenvalue weighted by Gasteiger charge is -2.00. The van der Waals surface area contributed by atoms with Gasteiger partial charge in [0.15, 0.2) is 10.9 Å². The summed E-state index contributed by atoms with van der Waals surface area (Å²) in [5.74, 6) is 0. The molecular weight excluding hydrogens is 334 g/mol. The number of nitrogens with zero attached hydrogens (tertiary/aromatic N) is 1. The van der Waals surface area contributed by atoms with Crippen molar-refractivity contribution in [3.63, 3.8) is 0 Å².